The van der Waals surface area contributed by atoms with Crippen molar-refractivity contribution in [2.45, 2.75) is 32.9 Å². The van der Waals surface area contributed by atoms with Crippen LogP contribution in [-0.2, 0) is 17.8 Å². The van der Waals surface area contributed by atoms with Gasteiger partial charge in [-0.25, -0.2) is 4.98 Å². The summed E-state index contributed by atoms with van der Waals surface area (Å²) >= 11 is 0. The van der Waals surface area contributed by atoms with Crippen molar-refractivity contribution >= 4 is 16.8 Å². The lowest BCUT2D eigenvalue weighted by molar-refractivity contribution is -0.136. The van der Waals surface area contributed by atoms with Crippen LogP contribution in [0.5, 0.6) is 5.75 Å². The average molecular weight is 518 g/mol. The first-order chi connectivity index (χ1) is 19.0. The molecule has 6 heteroatoms. The number of aromatic nitrogens is 2. The highest BCUT2D eigenvalue weighted by Gasteiger charge is 2.27. The Bertz CT molecular complexity index is 1610. The van der Waals surface area contributed by atoms with Crippen molar-refractivity contribution in [3.63, 3.8) is 0 Å². The molecule has 0 bridgehead atoms. The Morgan fingerprint density at radius 2 is 1.49 bits per heavy atom. The van der Waals surface area contributed by atoms with Crippen LogP contribution in [0.2, 0.25) is 0 Å². The Hall–Kier alpha value is -4.71. The van der Waals surface area contributed by atoms with Crippen LogP contribution >= 0.6 is 0 Å². The Morgan fingerprint density at radius 3 is 2.18 bits per heavy atom. The van der Waals surface area contributed by atoms with Gasteiger partial charge in [-0.3, -0.25) is 14.2 Å². The van der Waals surface area contributed by atoms with E-state index < -0.39 is 6.04 Å². The minimum atomic E-state index is -0.528. The number of benzene rings is 4. The summed E-state index contributed by atoms with van der Waals surface area (Å²) in [6, 6.07) is 33.8. The van der Waals surface area contributed by atoms with E-state index in [-0.39, 0.29) is 18.1 Å². The summed E-state index contributed by atoms with van der Waals surface area (Å²) in [5.41, 5.74) is 3.29. The summed E-state index contributed by atoms with van der Waals surface area (Å²) in [5.74, 6) is 0.910. The van der Waals surface area contributed by atoms with E-state index in [0.29, 0.717) is 34.7 Å². The molecule has 5 rings (SSSR count). The number of rotatable bonds is 9. The molecule has 1 unspecified atom stereocenters. The van der Waals surface area contributed by atoms with Crippen LogP contribution in [0.25, 0.3) is 16.6 Å². The number of hydrogen-bond donors (Lipinski definition) is 0. The van der Waals surface area contributed by atoms with E-state index in [1.165, 1.54) is 5.56 Å². The number of nitrogens with zero attached hydrogens (tertiary/aromatic N) is 3. The van der Waals surface area contributed by atoms with Gasteiger partial charge in [-0.15, -0.1) is 0 Å². The molecule has 6 nitrogen and oxygen atoms in total. The molecule has 1 aromatic heterocycles. The fourth-order valence-corrected chi connectivity index (χ4v) is 4.67. The minimum absolute atomic E-state index is 0.135. The molecular weight excluding hydrogens is 486 g/mol. The molecule has 39 heavy (non-hydrogen) atoms. The second-order valence-corrected chi connectivity index (χ2v) is 9.43. The third-order valence-electron chi connectivity index (χ3n) is 6.87. The number of ether oxygens (including phenoxy) is 1. The van der Waals surface area contributed by atoms with Crippen molar-refractivity contribution in [1.29, 1.82) is 0 Å². The lowest BCUT2D eigenvalue weighted by Gasteiger charge is -2.31. The molecule has 0 radical (unpaired) electrons. The lowest BCUT2D eigenvalue weighted by Crippen LogP contribution is -2.39. The van der Waals surface area contributed by atoms with Crippen LogP contribution in [-0.4, -0.2) is 27.0 Å². The van der Waals surface area contributed by atoms with Crippen molar-refractivity contribution in [1.82, 2.24) is 14.5 Å². The predicted molar refractivity (Wildman–Crippen MR) is 154 cm³/mol. The van der Waals surface area contributed by atoms with E-state index in [1.54, 1.807) is 15.5 Å². The molecule has 0 aliphatic rings. The summed E-state index contributed by atoms with van der Waals surface area (Å²) in [4.78, 5) is 34.2. The molecule has 1 heterocycles. The Kier molecular flexibility index (Phi) is 7.83. The maximum atomic E-state index is 13.9. The average Bonchev–Trinajstić information content (AvgIpc) is 2.99. The van der Waals surface area contributed by atoms with Crippen LogP contribution in [0.3, 0.4) is 0 Å². The molecular formula is C33H31N3O3. The van der Waals surface area contributed by atoms with Gasteiger partial charge in [0.15, 0.2) is 6.61 Å². The number of para-hydroxylation sites is 2. The summed E-state index contributed by atoms with van der Waals surface area (Å²) in [7, 11) is 0. The Labute approximate surface area is 228 Å². The van der Waals surface area contributed by atoms with Crippen LogP contribution in [0.1, 0.15) is 36.8 Å². The van der Waals surface area contributed by atoms with Crippen LogP contribution in [0, 0.1) is 0 Å². The second-order valence-electron chi connectivity index (χ2n) is 9.43. The zero-order chi connectivity index (χ0) is 27.2. The van der Waals surface area contributed by atoms with Crippen molar-refractivity contribution in [2.75, 3.05) is 6.61 Å². The molecule has 0 saturated heterocycles. The summed E-state index contributed by atoms with van der Waals surface area (Å²) in [5, 5.41) is 0.529. The SMILES string of the molecule is CCc1ccc(-n2c(C(C)N(Cc3ccccc3)C(=O)COc3ccccc3)nc3ccccc3c2=O)cc1. The highest BCUT2D eigenvalue weighted by Crippen LogP contribution is 2.25. The van der Waals surface area contributed by atoms with Gasteiger partial charge in [0.1, 0.15) is 11.6 Å². The second kappa shape index (κ2) is 11.8. The first-order valence-corrected chi connectivity index (χ1v) is 13.2. The normalized spacial score (nSPS) is 11.7. The molecule has 0 saturated carbocycles. The fourth-order valence-electron chi connectivity index (χ4n) is 4.67. The van der Waals surface area contributed by atoms with E-state index in [9.17, 15) is 9.59 Å². The smallest absolute Gasteiger partial charge is 0.266 e. The third kappa shape index (κ3) is 5.75. The molecule has 0 aliphatic heterocycles. The quantitative estimate of drug-likeness (QED) is 0.236. The number of carbonyl (C=O) groups excluding carboxylic acids is 1. The fraction of sp³-hybridized carbons (Fsp3) is 0.182. The van der Waals surface area contributed by atoms with Crippen LogP contribution in [0.15, 0.2) is 114 Å². The van der Waals surface area contributed by atoms with Gasteiger partial charge < -0.3 is 9.64 Å². The monoisotopic (exact) mass is 517 g/mol. The zero-order valence-corrected chi connectivity index (χ0v) is 22.2. The van der Waals surface area contributed by atoms with Crippen molar-refractivity contribution in [3.8, 4) is 11.4 Å². The molecule has 0 N–H and O–H groups in total. The Morgan fingerprint density at radius 1 is 0.846 bits per heavy atom. The maximum Gasteiger partial charge on any atom is 0.266 e. The number of fused-ring (bicyclic) bond motifs is 1. The largest absolute Gasteiger partial charge is 0.484 e. The minimum Gasteiger partial charge on any atom is -0.484 e. The van der Waals surface area contributed by atoms with Gasteiger partial charge in [0.05, 0.1) is 22.6 Å². The summed E-state index contributed by atoms with van der Waals surface area (Å²) in [6.07, 6.45) is 0.898. The van der Waals surface area contributed by atoms with E-state index in [1.807, 2.05) is 110 Å². The van der Waals surface area contributed by atoms with E-state index in [0.717, 1.165) is 12.0 Å². The predicted octanol–water partition coefficient (Wildman–Crippen LogP) is 6.12. The maximum absolute atomic E-state index is 13.9. The van der Waals surface area contributed by atoms with Gasteiger partial charge >= 0.3 is 0 Å². The molecule has 5 aromatic rings. The van der Waals surface area contributed by atoms with Gasteiger partial charge in [-0.2, -0.15) is 0 Å². The lowest BCUT2D eigenvalue weighted by atomic mass is 10.1. The highest BCUT2D eigenvalue weighted by atomic mass is 16.5. The first kappa shape index (κ1) is 25.9. The third-order valence-corrected chi connectivity index (χ3v) is 6.87. The van der Waals surface area contributed by atoms with E-state index in [4.69, 9.17) is 9.72 Å². The van der Waals surface area contributed by atoms with Crippen LogP contribution < -0.4 is 10.3 Å². The van der Waals surface area contributed by atoms with Gasteiger partial charge in [0.2, 0.25) is 0 Å². The number of aryl methyl sites for hydroxylation is 1. The van der Waals surface area contributed by atoms with Gasteiger partial charge in [-0.1, -0.05) is 79.7 Å². The molecule has 0 spiro atoms. The highest BCUT2D eigenvalue weighted by molar-refractivity contribution is 5.79. The van der Waals surface area contributed by atoms with Gasteiger partial charge in [-0.05, 0) is 60.9 Å². The first-order valence-electron chi connectivity index (χ1n) is 13.2. The summed E-state index contributed by atoms with van der Waals surface area (Å²) in [6.45, 7) is 4.22. The topological polar surface area (TPSA) is 64.4 Å². The van der Waals surface area contributed by atoms with E-state index >= 15 is 0 Å². The molecule has 196 valence electrons. The van der Waals surface area contributed by atoms with Gasteiger partial charge in [0, 0.05) is 6.54 Å². The van der Waals surface area contributed by atoms with Crippen molar-refractivity contribution in [3.05, 3.63) is 136 Å². The number of carbonyl (C=O) groups is 1. The summed E-state index contributed by atoms with van der Waals surface area (Å²) < 4.78 is 7.46. The van der Waals surface area contributed by atoms with E-state index in [2.05, 4.69) is 6.92 Å². The van der Waals surface area contributed by atoms with Crippen molar-refractivity contribution < 1.29 is 9.53 Å². The molecule has 4 aromatic carbocycles. The molecule has 0 fully saturated rings. The Balaban J connectivity index is 1.59. The molecule has 1 atom stereocenters. The number of amides is 1. The van der Waals surface area contributed by atoms with Crippen LogP contribution in [0.4, 0.5) is 0 Å². The molecule has 1 amide bonds. The number of hydrogen-bond acceptors (Lipinski definition) is 4. The molecule has 0 aliphatic carbocycles. The van der Waals surface area contributed by atoms with Crippen molar-refractivity contribution in [2.24, 2.45) is 0 Å². The standard InChI is InChI=1S/C33H31N3O3/c1-3-25-18-20-27(21-19-25)36-32(34-30-17-11-10-16-29(30)33(36)38)24(2)35(22-26-12-6-4-7-13-26)31(37)23-39-28-14-8-5-9-15-28/h4-21,24H,3,22-23H2,1-2H3. The van der Waals surface area contributed by atoms with Gasteiger partial charge in [0.25, 0.3) is 11.5 Å². The zero-order valence-electron chi connectivity index (χ0n) is 22.2.